The second-order valence-corrected chi connectivity index (χ2v) is 6.81. The van der Waals surface area contributed by atoms with Crippen LogP contribution in [0.1, 0.15) is 40.4 Å². The molecule has 5 nitrogen and oxygen atoms in total. The molecular weight excluding hydrogens is 349 g/mol. The van der Waals surface area contributed by atoms with E-state index in [1.54, 1.807) is 17.0 Å². The molecule has 0 bridgehead atoms. The summed E-state index contributed by atoms with van der Waals surface area (Å²) < 4.78 is 0. The number of rotatable bonds is 2. The van der Waals surface area contributed by atoms with Crippen LogP contribution in [0.4, 0.5) is 0 Å². The first-order valence-electron chi connectivity index (χ1n) is 7.75. The minimum Gasteiger partial charge on any atom is -0.338 e. The molecule has 1 aliphatic rings. The van der Waals surface area contributed by atoms with E-state index in [1.807, 2.05) is 6.92 Å². The third-order valence-corrected chi connectivity index (χ3v) is 5.14. The third kappa shape index (κ3) is 3.47. The van der Waals surface area contributed by atoms with Gasteiger partial charge in [0, 0.05) is 40.7 Å². The van der Waals surface area contributed by atoms with E-state index in [9.17, 15) is 9.59 Å². The topological polar surface area (TPSA) is 66.1 Å². The van der Waals surface area contributed by atoms with E-state index in [1.165, 1.54) is 12.4 Å². The van der Waals surface area contributed by atoms with Crippen molar-refractivity contribution >= 4 is 29.1 Å². The number of aromatic amines is 1. The number of benzene rings is 1. The zero-order valence-corrected chi connectivity index (χ0v) is 14.7. The Hall–Kier alpha value is -1.85. The molecule has 1 N–H and O–H groups in total. The molecule has 126 valence electrons. The SMILES string of the molecule is Cc1c(Cl)cc(C(=O)N2CCC[C@@H](c3cc(=O)[nH]cn3)C2)cc1Cl. The van der Waals surface area contributed by atoms with Crippen molar-refractivity contribution in [2.24, 2.45) is 0 Å². The minimum absolute atomic E-state index is 0.0568. The van der Waals surface area contributed by atoms with Gasteiger partial charge in [0.25, 0.3) is 11.5 Å². The number of hydrogen-bond acceptors (Lipinski definition) is 3. The average molecular weight is 366 g/mol. The molecule has 1 saturated heterocycles. The summed E-state index contributed by atoms with van der Waals surface area (Å²) in [6, 6.07) is 4.80. The van der Waals surface area contributed by atoms with E-state index in [0.29, 0.717) is 28.7 Å². The number of carbonyl (C=O) groups is 1. The first-order valence-corrected chi connectivity index (χ1v) is 8.51. The highest BCUT2D eigenvalue weighted by atomic mass is 35.5. The summed E-state index contributed by atoms with van der Waals surface area (Å²) in [6.45, 7) is 3.01. The molecule has 3 rings (SSSR count). The molecule has 1 fully saturated rings. The molecular formula is C17H17Cl2N3O2. The smallest absolute Gasteiger partial charge is 0.253 e. The number of nitrogens with zero attached hydrogens (tertiary/aromatic N) is 2. The number of H-pyrrole nitrogens is 1. The van der Waals surface area contributed by atoms with Crippen LogP contribution >= 0.6 is 23.2 Å². The van der Waals surface area contributed by atoms with Gasteiger partial charge in [0.15, 0.2) is 0 Å². The predicted octanol–water partition coefficient (Wildman–Crippen LogP) is 3.40. The quantitative estimate of drug-likeness (QED) is 0.886. The molecule has 2 aromatic rings. The van der Waals surface area contributed by atoms with Crippen LogP contribution in [0.15, 0.2) is 29.3 Å². The fourth-order valence-corrected chi connectivity index (χ4v) is 3.45. The van der Waals surface area contributed by atoms with Gasteiger partial charge in [-0.05, 0) is 37.5 Å². The monoisotopic (exact) mass is 365 g/mol. The van der Waals surface area contributed by atoms with Crippen LogP contribution in [0.25, 0.3) is 0 Å². The lowest BCUT2D eigenvalue weighted by Crippen LogP contribution is -2.39. The van der Waals surface area contributed by atoms with Crippen molar-refractivity contribution < 1.29 is 4.79 Å². The van der Waals surface area contributed by atoms with Crippen molar-refractivity contribution in [3.63, 3.8) is 0 Å². The number of likely N-dealkylation sites (tertiary alicyclic amines) is 1. The molecule has 0 unspecified atom stereocenters. The Kier molecular flexibility index (Phi) is 4.92. The molecule has 0 saturated carbocycles. The Morgan fingerprint density at radius 3 is 2.67 bits per heavy atom. The number of piperidine rings is 1. The fraction of sp³-hybridized carbons (Fsp3) is 0.353. The van der Waals surface area contributed by atoms with E-state index >= 15 is 0 Å². The van der Waals surface area contributed by atoms with Crippen LogP contribution in [0.2, 0.25) is 10.0 Å². The highest BCUT2D eigenvalue weighted by Crippen LogP contribution is 2.29. The minimum atomic E-state index is -0.180. The summed E-state index contributed by atoms with van der Waals surface area (Å²) in [5.41, 5.74) is 1.78. The van der Waals surface area contributed by atoms with Crippen LogP contribution in [-0.2, 0) is 0 Å². The van der Waals surface area contributed by atoms with Gasteiger partial charge in [-0.25, -0.2) is 4.98 Å². The first kappa shape index (κ1) is 17.0. The second-order valence-electron chi connectivity index (χ2n) is 5.99. The fourth-order valence-electron chi connectivity index (χ4n) is 2.96. The average Bonchev–Trinajstić information content (AvgIpc) is 2.58. The standard InChI is InChI=1S/C17H17Cl2N3O2/c1-10-13(18)5-12(6-14(10)19)17(24)22-4-2-3-11(8-22)15-7-16(23)21-9-20-15/h5-7,9,11H,2-4,8H2,1H3,(H,20,21,23)/t11-/m1/s1. The number of amides is 1. The summed E-state index contributed by atoms with van der Waals surface area (Å²) in [6.07, 6.45) is 3.16. The normalized spacial score (nSPS) is 17.8. The molecule has 1 aliphatic heterocycles. The number of nitrogens with one attached hydrogen (secondary N) is 1. The van der Waals surface area contributed by atoms with Crippen LogP contribution in [0.5, 0.6) is 0 Å². The number of halogens is 2. The van der Waals surface area contributed by atoms with Crippen molar-refractivity contribution in [2.45, 2.75) is 25.7 Å². The van der Waals surface area contributed by atoms with Crippen LogP contribution in [0.3, 0.4) is 0 Å². The van der Waals surface area contributed by atoms with Gasteiger partial charge >= 0.3 is 0 Å². The molecule has 1 amide bonds. The summed E-state index contributed by atoms with van der Waals surface area (Å²) >= 11 is 12.3. The summed E-state index contributed by atoms with van der Waals surface area (Å²) in [5.74, 6) is -0.0465. The van der Waals surface area contributed by atoms with Crippen LogP contribution < -0.4 is 5.56 Å². The summed E-state index contributed by atoms with van der Waals surface area (Å²) in [4.78, 5) is 32.8. The Morgan fingerprint density at radius 2 is 2.00 bits per heavy atom. The van der Waals surface area contributed by atoms with Gasteiger partial charge in [-0.3, -0.25) is 9.59 Å². The van der Waals surface area contributed by atoms with E-state index in [-0.39, 0.29) is 17.4 Å². The molecule has 24 heavy (non-hydrogen) atoms. The van der Waals surface area contributed by atoms with Gasteiger partial charge in [-0.15, -0.1) is 0 Å². The van der Waals surface area contributed by atoms with Crippen LogP contribution in [-0.4, -0.2) is 33.9 Å². The van der Waals surface area contributed by atoms with Gasteiger partial charge < -0.3 is 9.88 Å². The van der Waals surface area contributed by atoms with Gasteiger partial charge in [0.1, 0.15) is 0 Å². The largest absolute Gasteiger partial charge is 0.338 e. The maximum Gasteiger partial charge on any atom is 0.253 e. The molecule has 2 heterocycles. The lowest BCUT2D eigenvalue weighted by molar-refractivity contribution is 0.0706. The molecule has 0 spiro atoms. The number of aromatic nitrogens is 2. The molecule has 1 atom stereocenters. The molecule has 0 aliphatic carbocycles. The number of hydrogen-bond donors (Lipinski definition) is 1. The molecule has 1 aromatic carbocycles. The zero-order chi connectivity index (χ0) is 17.3. The lowest BCUT2D eigenvalue weighted by Gasteiger charge is -2.32. The highest BCUT2D eigenvalue weighted by Gasteiger charge is 2.27. The third-order valence-electron chi connectivity index (χ3n) is 4.35. The molecule has 7 heteroatoms. The first-order chi connectivity index (χ1) is 11.5. The van der Waals surface area contributed by atoms with Crippen molar-refractivity contribution in [1.82, 2.24) is 14.9 Å². The zero-order valence-electron chi connectivity index (χ0n) is 13.2. The van der Waals surface area contributed by atoms with Gasteiger partial charge in [-0.1, -0.05) is 23.2 Å². The molecule has 0 radical (unpaired) electrons. The number of carbonyl (C=O) groups excluding carboxylic acids is 1. The molecule has 1 aromatic heterocycles. The Bertz CT molecular complexity index is 812. The van der Waals surface area contributed by atoms with Gasteiger partial charge in [-0.2, -0.15) is 0 Å². The summed E-state index contributed by atoms with van der Waals surface area (Å²) in [7, 11) is 0. The summed E-state index contributed by atoms with van der Waals surface area (Å²) in [5, 5.41) is 0.964. The Balaban J connectivity index is 1.82. The van der Waals surface area contributed by atoms with Crippen molar-refractivity contribution in [3.05, 3.63) is 61.7 Å². The maximum atomic E-state index is 12.8. The predicted molar refractivity (Wildman–Crippen MR) is 93.9 cm³/mol. The van der Waals surface area contributed by atoms with Crippen molar-refractivity contribution in [1.29, 1.82) is 0 Å². The van der Waals surface area contributed by atoms with Gasteiger partial charge in [0.05, 0.1) is 12.0 Å². The van der Waals surface area contributed by atoms with Crippen molar-refractivity contribution in [3.8, 4) is 0 Å². The Morgan fingerprint density at radius 1 is 1.29 bits per heavy atom. The van der Waals surface area contributed by atoms with E-state index < -0.39 is 0 Å². The van der Waals surface area contributed by atoms with Crippen LogP contribution in [0, 0.1) is 6.92 Å². The second kappa shape index (κ2) is 6.95. The van der Waals surface area contributed by atoms with E-state index in [4.69, 9.17) is 23.2 Å². The van der Waals surface area contributed by atoms with Gasteiger partial charge in [0.2, 0.25) is 0 Å². The lowest BCUT2D eigenvalue weighted by atomic mass is 9.94. The van der Waals surface area contributed by atoms with Crippen molar-refractivity contribution in [2.75, 3.05) is 13.1 Å². The maximum absolute atomic E-state index is 12.8. The highest BCUT2D eigenvalue weighted by molar-refractivity contribution is 6.36. The Labute approximate surface area is 149 Å². The van der Waals surface area contributed by atoms with E-state index in [0.717, 1.165) is 24.1 Å². The van der Waals surface area contributed by atoms with E-state index in [2.05, 4.69) is 9.97 Å².